The number of aryl methyl sites for hydroxylation is 1. The number of nitro groups is 1. The molecule has 0 N–H and O–H groups in total. The van der Waals surface area contributed by atoms with Gasteiger partial charge < -0.3 is 4.57 Å². The molecule has 0 atom stereocenters. The SMILES string of the molecule is CN(c1ccccc1)S(=O)(=O)c1ccc(C(=O)N=c2sc3ccc([N+](=O)[O-])cc3n2C)cc1. The molecule has 11 heteroatoms. The van der Waals surface area contributed by atoms with E-state index in [9.17, 15) is 23.3 Å². The lowest BCUT2D eigenvalue weighted by Crippen LogP contribution is -2.26. The van der Waals surface area contributed by atoms with E-state index in [0.717, 1.165) is 4.70 Å². The van der Waals surface area contributed by atoms with Gasteiger partial charge in [-0.15, -0.1) is 0 Å². The highest BCUT2D eigenvalue weighted by Crippen LogP contribution is 2.23. The smallest absolute Gasteiger partial charge is 0.279 e. The molecular formula is C22H18N4O5S2. The predicted octanol–water partition coefficient (Wildman–Crippen LogP) is 3.71. The summed E-state index contributed by atoms with van der Waals surface area (Å²) in [5.74, 6) is -0.549. The topological polar surface area (TPSA) is 115 Å². The van der Waals surface area contributed by atoms with Gasteiger partial charge >= 0.3 is 0 Å². The number of aromatic nitrogens is 1. The number of anilines is 1. The molecule has 0 unspecified atom stereocenters. The van der Waals surface area contributed by atoms with Gasteiger partial charge in [0.1, 0.15) is 0 Å². The summed E-state index contributed by atoms with van der Waals surface area (Å²) in [4.78, 5) is 27.8. The normalized spacial score (nSPS) is 12.1. The number of hydrogen-bond acceptors (Lipinski definition) is 6. The van der Waals surface area contributed by atoms with Gasteiger partial charge in [0.25, 0.3) is 21.6 Å². The summed E-state index contributed by atoms with van der Waals surface area (Å²) in [5, 5.41) is 11.0. The third-order valence-electron chi connectivity index (χ3n) is 5.08. The Hall–Kier alpha value is -3.83. The Balaban J connectivity index is 1.63. The van der Waals surface area contributed by atoms with Crippen LogP contribution in [0.25, 0.3) is 10.2 Å². The monoisotopic (exact) mass is 482 g/mol. The number of rotatable bonds is 5. The lowest BCUT2D eigenvalue weighted by Gasteiger charge is -2.19. The summed E-state index contributed by atoms with van der Waals surface area (Å²) in [5.41, 5.74) is 1.28. The first-order chi connectivity index (χ1) is 15.7. The zero-order chi connectivity index (χ0) is 23.8. The van der Waals surface area contributed by atoms with Crippen molar-refractivity contribution in [3.8, 4) is 0 Å². The van der Waals surface area contributed by atoms with Crippen LogP contribution in [0, 0.1) is 10.1 Å². The van der Waals surface area contributed by atoms with Crippen molar-refractivity contribution in [1.82, 2.24) is 4.57 Å². The summed E-state index contributed by atoms with van der Waals surface area (Å²) in [6.45, 7) is 0. The average molecular weight is 483 g/mol. The number of non-ortho nitro benzene ring substituents is 1. The Kier molecular flexibility index (Phi) is 5.83. The third-order valence-corrected chi connectivity index (χ3v) is 7.99. The Morgan fingerprint density at radius 1 is 1.06 bits per heavy atom. The molecule has 0 saturated heterocycles. The van der Waals surface area contributed by atoms with Gasteiger partial charge in [-0.05, 0) is 42.5 Å². The number of amides is 1. The minimum absolute atomic E-state index is 0.0464. The number of benzene rings is 3. The minimum Gasteiger partial charge on any atom is -0.319 e. The number of nitrogens with zero attached hydrogens (tertiary/aromatic N) is 4. The molecule has 1 aromatic heterocycles. The zero-order valence-electron chi connectivity index (χ0n) is 17.6. The van der Waals surface area contributed by atoms with E-state index in [-0.39, 0.29) is 16.1 Å². The Morgan fingerprint density at radius 2 is 1.73 bits per heavy atom. The summed E-state index contributed by atoms with van der Waals surface area (Å²) < 4.78 is 29.3. The molecule has 1 heterocycles. The van der Waals surface area contributed by atoms with Crippen LogP contribution in [0.4, 0.5) is 11.4 Å². The number of thiazole rings is 1. The Morgan fingerprint density at radius 3 is 2.36 bits per heavy atom. The van der Waals surface area contributed by atoms with Crippen molar-refractivity contribution in [2.24, 2.45) is 12.0 Å². The fourth-order valence-electron chi connectivity index (χ4n) is 3.19. The van der Waals surface area contributed by atoms with Crippen LogP contribution in [-0.2, 0) is 17.1 Å². The molecule has 0 spiro atoms. The number of carbonyl (C=O) groups is 1. The van der Waals surface area contributed by atoms with Crippen molar-refractivity contribution in [2.75, 3.05) is 11.4 Å². The largest absolute Gasteiger partial charge is 0.319 e. The second-order valence-corrected chi connectivity index (χ2v) is 10.1. The van der Waals surface area contributed by atoms with Crippen LogP contribution < -0.4 is 9.11 Å². The maximum atomic E-state index is 12.9. The molecule has 33 heavy (non-hydrogen) atoms. The quantitative estimate of drug-likeness (QED) is 0.318. The molecule has 0 radical (unpaired) electrons. The Labute approximate surface area is 193 Å². The number of sulfonamides is 1. The van der Waals surface area contributed by atoms with Crippen LogP contribution in [0.3, 0.4) is 0 Å². The second kappa shape index (κ2) is 8.60. The van der Waals surface area contributed by atoms with Gasteiger partial charge in [-0.2, -0.15) is 4.99 Å². The molecule has 0 aliphatic rings. The van der Waals surface area contributed by atoms with E-state index in [1.807, 2.05) is 0 Å². The standard InChI is InChI=1S/C22H18N4O5S2/c1-24-19-14-17(26(28)29)10-13-20(19)32-22(24)23-21(27)15-8-11-18(12-9-15)33(30,31)25(2)16-6-4-3-5-7-16/h3-14H,1-2H3. The van der Waals surface area contributed by atoms with E-state index in [4.69, 9.17) is 0 Å². The van der Waals surface area contributed by atoms with Crippen molar-refractivity contribution in [2.45, 2.75) is 4.90 Å². The summed E-state index contributed by atoms with van der Waals surface area (Å²) >= 11 is 1.23. The van der Waals surface area contributed by atoms with Crippen LogP contribution in [0.2, 0.25) is 0 Å². The molecule has 0 saturated carbocycles. The lowest BCUT2D eigenvalue weighted by molar-refractivity contribution is -0.384. The first-order valence-corrected chi connectivity index (χ1v) is 11.9. The van der Waals surface area contributed by atoms with Crippen LogP contribution >= 0.6 is 11.3 Å². The van der Waals surface area contributed by atoms with E-state index in [0.29, 0.717) is 16.0 Å². The van der Waals surface area contributed by atoms with Crippen molar-refractivity contribution in [3.63, 3.8) is 0 Å². The fourth-order valence-corrected chi connectivity index (χ4v) is 5.38. The molecule has 0 aliphatic carbocycles. The highest BCUT2D eigenvalue weighted by atomic mass is 32.2. The molecule has 4 rings (SSSR count). The maximum Gasteiger partial charge on any atom is 0.279 e. The van der Waals surface area contributed by atoms with Crippen LogP contribution in [0.5, 0.6) is 0 Å². The van der Waals surface area contributed by atoms with Gasteiger partial charge in [-0.1, -0.05) is 29.5 Å². The van der Waals surface area contributed by atoms with Gasteiger partial charge in [-0.25, -0.2) is 8.42 Å². The average Bonchev–Trinajstić information content (AvgIpc) is 3.13. The van der Waals surface area contributed by atoms with E-state index in [1.165, 1.54) is 59.1 Å². The van der Waals surface area contributed by atoms with Gasteiger partial charge in [0.05, 0.1) is 25.7 Å². The number of nitro benzene ring substituents is 1. The first-order valence-electron chi connectivity index (χ1n) is 9.65. The summed E-state index contributed by atoms with van der Waals surface area (Å²) in [6.07, 6.45) is 0. The first kappa shape index (κ1) is 22.4. The van der Waals surface area contributed by atoms with Crippen molar-refractivity contribution in [1.29, 1.82) is 0 Å². The highest BCUT2D eigenvalue weighted by Gasteiger charge is 2.21. The van der Waals surface area contributed by atoms with Gasteiger partial charge in [0.15, 0.2) is 4.80 Å². The molecule has 9 nitrogen and oxygen atoms in total. The van der Waals surface area contributed by atoms with Gasteiger partial charge in [-0.3, -0.25) is 19.2 Å². The van der Waals surface area contributed by atoms with Crippen molar-refractivity contribution < 1.29 is 18.1 Å². The molecule has 0 fully saturated rings. The van der Waals surface area contributed by atoms with Crippen LogP contribution in [-0.4, -0.2) is 30.9 Å². The van der Waals surface area contributed by atoms with Crippen molar-refractivity contribution in [3.05, 3.63) is 93.3 Å². The van der Waals surface area contributed by atoms with E-state index in [2.05, 4.69) is 4.99 Å². The number of carbonyl (C=O) groups excluding carboxylic acids is 1. The predicted molar refractivity (Wildman–Crippen MR) is 126 cm³/mol. The second-order valence-electron chi connectivity index (χ2n) is 7.10. The molecule has 4 aromatic rings. The Bertz CT molecular complexity index is 1540. The third kappa shape index (κ3) is 4.28. The van der Waals surface area contributed by atoms with E-state index < -0.39 is 20.9 Å². The summed E-state index contributed by atoms with van der Waals surface area (Å²) in [6, 6.07) is 18.7. The minimum atomic E-state index is -3.79. The highest BCUT2D eigenvalue weighted by molar-refractivity contribution is 7.92. The molecule has 1 amide bonds. The van der Waals surface area contributed by atoms with Gasteiger partial charge in [0, 0.05) is 31.8 Å². The fraction of sp³-hybridized carbons (Fsp3) is 0.0909. The zero-order valence-corrected chi connectivity index (χ0v) is 19.2. The van der Waals surface area contributed by atoms with E-state index >= 15 is 0 Å². The maximum absolute atomic E-state index is 12.9. The van der Waals surface area contributed by atoms with Gasteiger partial charge in [0.2, 0.25) is 0 Å². The van der Waals surface area contributed by atoms with Crippen molar-refractivity contribution >= 4 is 48.9 Å². The number of fused-ring (bicyclic) bond motifs is 1. The lowest BCUT2D eigenvalue weighted by atomic mass is 10.2. The number of para-hydroxylation sites is 1. The molecule has 0 aliphatic heterocycles. The molecule has 0 bridgehead atoms. The number of hydrogen-bond donors (Lipinski definition) is 0. The van der Waals surface area contributed by atoms with Crippen LogP contribution in [0.1, 0.15) is 10.4 Å². The van der Waals surface area contributed by atoms with E-state index in [1.54, 1.807) is 48.0 Å². The van der Waals surface area contributed by atoms with Crippen LogP contribution in [0.15, 0.2) is 82.7 Å². The molecule has 3 aromatic carbocycles. The molecular weight excluding hydrogens is 464 g/mol. The molecule has 168 valence electrons. The summed E-state index contributed by atoms with van der Waals surface area (Å²) in [7, 11) is -0.661.